The van der Waals surface area contributed by atoms with E-state index in [1.807, 2.05) is 0 Å². The van der Waals surface area contributed by atoms with Gasteiger partial charge in [-0.3, -0.25) is 4.79 Å². The fourth-order valence-corrected chi connectivity index (χ4v) is 2.42. The molecule has 1 aromatic heterocycles. The Bertz CT molecular complexity index is 485. The molecule has 0 aliphatic carbocycles. The van der Waals surface area contributed by atoms with Crippen molar-refractivity contribution in [1.29, 1.82) is 0 Å². The summed E-state index contributed by atoms with van der Waals surface area (Å²) in [5, 5.41) is 17.1. The predicted molar refractivity (Wildman–Crippen MR) is 80.7 cm³/mol. The highest BCUT2D eigenvalue weighted by atomic mass is 16.5. The van der Waals surface area contributed by atoms with Gasteiger partial charge in [0.05, 0.1) is 31.1 Å². The van der Waals surface area contributed by atoms with E-state index in [1.54, 1.807) is 19.4 Å². The summed E-state index contributed by atoms with van der Waals surface area (Å²) in [4.78, 5) is 14.2. The van der Waals surface area contributed by atoms with Crippen LogP contribution in [-0.4, -0.2) is 60.9 Å². The number of hydrogen-bond donors (Lipinski definition) is 2. The molecule has 118 valence electrons. The molecule has 0 aromatic carbocycles. The van der Waals surface area contributed by atoms with E-state index in [-0.39, 0.29) is 12.1 Å². The van der Waals surface area contributed by atoms with Crippen molar-refractivity contribution in [3.8, 4) is 0 Å². The van der Waals surface area contributed by atoms with Gasteiger partial charge in [0.2, 0.25) is 0 Å². The van der Waals surface area contributed by atoms with Crippen molar-refractivity contribution >= 4 is 5.69 Å². The van der Waals surface area contributed by atoms with Crippen molar-refractivity contribution in [2.75, 3.05) is 44.8 Å². The first-order chi connectivity index (χ1) is 10.2. The Labute approximate surface area is 124 Å². The largest absolute Gasteiger partial charge is 0.390 e. The number of nitrogens with one attached hydrogen (secondary N) is 1. The number of rotatable bonds is 8. The van der Waals surface area contributed by atoms with E-state index >= 15 is 0 Å². The molecule has 1 aliphatic rings. The summed E-state index contributed by atoms with van der Waals surface area (Å²) < 4.78 is 6.21. The highest BCUT2D eigenvalue weighted by Crippen LogP contribution is 2.16. The van der Waals surface area contributed by atoms with E-state index in [0.717, 1.165) is 31.6 Å². The lowest BCUT2D eigenvalue weighted by Crippen LogP contribution is -2.36. The van der Waals surface area contributed by atoms with Crippen LogP contribution in [0.5, 0.6) is 0 Å². The summed E-state index contributed by atoms with van der Waals surface area (Å²) in [5.41, 5.74) is 0.705. The number of aliphatic hydroxyl groups is 1. The van der Waals surface area contributed by atoms with Crippen LogP contribution in [0.3, 0.4) is 0 Å². The first-order valence-corrected chi connectivity index (χ1v) is 7.40. The predicted octanol–water partition coefficient (Wildman–Crippen LogP) is -0.560. The fourth-order valence-electron chi connectivity index (χ4n) is 2.42. The Morgan fingerprint density at radius 2 is 2.24 bits per heavy atom. The summed E-state index contributed by atoms with van der Waals surface area (Å²) in [6, 6.07) is 1.60. The van der Waals surface area contributed by atoms with Gasteiger partial charge in [-0.15, -0.1) is 0 Å². The third kappa shape index (κ3) is 4.80. The van der Waals surface area contributed by atoms with Crippen LogP contribution >= 0.6 is 0 Å². The monoisotopic (exact) mass is 296 g/mol. The third-order valence-corrected chi connectivity index (χ3v) is 3.57. The maximum absolute atomic E-state index is 12.0. The Hall–Kier alpha value is -1.44. The average Bonchev–Trinajstić information content (AvgIpc) is 3.00. The Morgan fingerprint density at radius 1 is 1.48 bits per heavy atom. The van der Waals surface area contributed by atoms with Crippen molar-refractivity contribution in [2.24, 2.45) is 0 Å². The van der Waals surface area contributed by atoms with Crippen LogP contribution in [0, 0.1) is 0 Å². The molecule has 1 aromatic rings. The summed E-state index contributed by atoms with van der Waals surface area (Å²) in [6.45, 7) is 3.83. The zero-order valence-electron chi connectivity index (χ0n) is 12.5. The Balaban J connectivity index is 1.87. The van der Waals surface area contributed by atoms with Crippen molar-refractivity contribution in [3.05, 3.63) is 22.6 Å². The Morgan fingerprint density at radius 3 is 2.90 bits per heavy atom. The normalized spacial score (nSPS) is 16.4. The second kappa shape index (κ2) is 8.11. The lowest BCUT2D eigenvalue weighted by molar-refractivity contribution is 0.138. The van der Waals surface area contributed by atoms with Gasteiger partial charge in [0.1, 0.15) is 0 Å². The number of aromatic nitrogens is 2. The molecule has 7 heteroatoms. The van der Waals surface area contributed by atoms with E-state index in [1.165, 1.54) is 4.68 Å². The summed E-state index contributed by atoms with van der Waals surface area (Å²) in [6.07, 6.45) is 3.38. The van der Waals surface area contributed by atoms with Crippen molar-refractivity contribution in [1.82, 2.24) is 15.1 Å². The quantitative estimate of drug-likeness (QED) is 0.626. The van der Waals surface area contributed by atoms with Crippen molar-refractivity contribution in [3.63, 3.8) is 0 Å². The third-order valence-electron chi connectivity index (χ3n) is 3.57. The molecular weight excluding hydrogens is 272 g/mol. The van der Waals surface area contributed by atoms with Gasteiger partial charge in [-0.05, 0) is 12.8 Å². The average molecular weight is 296 g/mol. The molecular formula is C14H24N4O3. The Kier molecular flexibility index (Phi) is 6.16. The smallest absolute Gasteiger partial charge is 0.268 e. The van der Waals surface area contributed by atoms with Gasteiger partial charge < -0.3 is 20.1 Å². The molecule has 7 nitrogen and oxygen atoms in total. The van der Waals surface area contributed by atoms with Crippen molar-refractivity contribution in [2.45, 2.75) is 25.5 Å². The minimum atomic E-state index is -0.648. The molecule has 1 unspecified atom stereocenters. The minimum absolute atomic E-state index is 0.171. The van der Waals surface area contributed by atoms with Crippen LogP contribution in [0.15, 0.2) is 17.1 Å². The molecule has 0 spiro atoms. The van der Waals surface area contributed by atoms with Crippen molar-refractivity contribution < 1.29 is 9.84 Å². The number of hydrogen-bond acceptors (Lipinski definition) is 6. The van der Waals surface area contributed by atoms with Crippen LogP contribution < -0.4 is 15.8 Å². The van der Waals surface area contributed by atoms with Crippen LogP contribution in [0.4, 0.5) is 5.69 Å². The molecule has 21 heavy (non-hydrogen) atoms. The van der Waals surface area contributed by atoms with Gasteiger partial charge in [-0.2, -0.15) is 5.10 Å². The number of ether oxygens (including phenoxy) is 1. The van der Waals surface area contributed by atoms with E-state index in [9.17, 15) is 9.90 Å². The van der Waals surface area contributed by atoms with Gasteiger partial charge in [-0.25, -0.2) is 4.68 Å². The van der Waals surface area contributed by atoms with Gasteiger partial charge in [0.15, 0.2) is 0 Å². The zero-order valence-corrected chi connectivity index (χ0v) is 12.5. The first kappa shape index (κ1) is 15.9. The molecule has 1 atom stereocenters. The maximum atomic E-state index is 12.0. The highest BCUT2D eigenvalue weighted by Gasteiger charge is 2.14. The second-order valence-electron chi connectivity index (χ2n) is 5.28. The van der Waals surface area contributed by atoms with E-state index in [0.29, 0.717) is 19.7 Å². The molecule has 2 heterocycles. The number of aliphatic hydroxyl groups excluding tert-OH is 1. The molecule has 1 aliphatic heterocycles. The van der Waals surface area contributed by atoms with Crippen LogP contribution in [0.25, 0.3) is 0 Å². The van der Waals surface area contributed by atoms with Gasteiger partial charge in [-0.1, -0.05) is 0 Å². The van der Waals surface area contributed by atoms with E-state index in [2.05, 4.69) is 15.3 Å². The lowest BCUT2D eigenvalue weighted by atomic mass is 10.3. The molecule has 1 fully saturated rings. The van der Waals surface area contributed by atoms with Gasteiger partial charge in [0, 0.05) is 39.4 Å². The van der Waals surface area contributed by atoms with E-state index < -0.39 is 6.10 Å². The first-order valence-electron chi connectivity index (χ1n) is 7.40. The minimum Gasteiger partial charge on any atom is -0.390 e. The number of methoxy groups -OCH3 is 1. The number of nitrogens with zero attached hydrogens (tertiary/aromatic N) is 3. The maximum Gasteiger partial charge on any atom is 0.268 e. The fraction of sp³-hybridized carbons (Fsp3) is 0.714. The summed E-state index contributed by atoms with van der Waals surface area (Å²) >= 11 is 0. The zero-order chi connectivity index (χ0) is 15.1. The second-order valence-corrected chi connectivity index (χ2v) is 5.28. The molecule has 0 amide bonds. The van der Waals surface area contributed by atoms with Crippen LogP contribution in [0.1, 0.15) is 12.8 Å². The molecule has 0 radical (unpaired) electrons. The molecule has 1 saturated heterocycles. The standard InChI is InChI=1S/C14H24N4O3/c1-21-7-4-15-10-13(19)11-18-14(20)8-12(9-16-18)17-5-2-3-6-17/h8-9,13,15,19H,2-7,10-11H2,1H3. The SMILES string of the molecule is COCCNCC(O)Cn1ncc(N2CCCC2)cc1=O. The molecule has 0 saturated carbocycles. The number of anilines is 1. The van der Waals surface area contributed by atoms with Crippen LogP contribution in [0.2, 0.25) is 0 Å². The van der Waals surface area contributed by atoms with Gasteiger partial charge in [0.25, 0.3) is 5.56 Å². The lowest BCUT2D eigenvalue weighted by Gasteiger charge is -2.18. The highest BCUT2D eigenvalue weighted by molar-refractivity contribution is 5.43. The molecule has 2 rings (SSSR count). The summed E-state index contributed by atoms with van der Waals surface area (Å²) in [7, 11) is 1.63. The van der Waals surface area contributed by atoms with Gasteiger partial charge >= 0.3 is 0 Å². The molecule has 0 bridgehead atoms. The summed E-state index contributed by atoms with van der Waals surface area (Å²) in [5.74, 6) is 0. The van der Waals surface area contributed by atoms with Crippen LogP contribution in [-0.2, 0) is 11.3 Å². The van der Waals surface area contributed by atoms with E-state index in [4.69, 9.17) is 4.74 Å². The topological polar surface area (TPSA) is 79.6 Å². The molecule has 2 N–H and O–H groups in total.